The maximum atomic E-state index is 13.1. The van der Waals surface area contributed by atoms with Crippen molar-refractivity contribution in [2.75, 3.05) is 0 Å². The standard InChI is InChI=1S/C20H9Cl5O3P/c21-11-7-4-8-12(22)15(11)20(27)29(28)19-14(24)9-13(23)16(17(19)25)18(26)10-5-2-1-3-6-10/h1-9H/q+1. The van der Waals surface area contributed by atoms with Crippen LogP contribution in [-0.2, 0) is 4.57 Å². The average Bonchev–Trinajstić information content (AvgIpc) is 2.67. The van der Waals surface area contributed by atoms with E-state index in [1.54, 1.807) is 36.4 Å². The van der Waals surface area contributed by atoms with Gasteiger partial charge in [0, 0.05) is 5.56 Å². The number of hydrogen-bond donors (Lipinski definition) is 0. The maximum Gasteiger partial charge on any atom is 0.461 e. The third-order valence-corrected chi connectivity index (χ3v) is 7.30. The van der Waals surface area contributed by atoms with Gasteiger partial charge in [-0.05, 0) is 18.2 Å². The van der Waals surface area contributed by atoms with Crippen LogP contribution < -0.4 is 5.30 Å². The molecule has 29 heavy (non-hydrogen) atoms. The molecule has 0 amide bonds. The number of rotatable bonds is 5. The van der Waals surface area contributed by atoms with Crippen molar-refractivity contribution in [3.05, 3.63) is 96.4 Å². The first kappa shape index (κ1) is 22.2. The molecule has 0 aliphatic carbocycles. The van der Waals surface area contributed by atoms with Gasteiger partial charge in [0.1, 0.15) is 10.6 Å². The lowest BCUT2D eigenvalue weighted by atomic mass is 10.0. The van der Waals surface area contributed by atoms with Crippen LogP contribution in [0.25, 0.3) is 0 Å². The minimum absolute atomic E-state index is 0.0239. The molecular formula is C20H9Cl5O3P+. The van der Waals surface area contributed by atoms with Crippen LogP contribution in [-0.4, -0.2) is 11.3 Å². The predicted octanol–water partition coefficient (Wildman–Crippen LogP) is 7.48. The van der Waals surface area contributed by atoms with Crippen molar-refractivity contribution in [2.45, 2.75) is 0 Å². The van der Waals surface area contributed by atoms with Gasteiger partial charge in [0.15, 0.2) is 5.78 Å². The van der Waals surface area contributed by atoms with Gasteiger partial charge in [-0.15, -0.1) is 0 Å². The van der Waals surface area contributed by atoms with Crippen LogP contribution in [0.1, 0.15) is 26.3 Å². The van der Waals surface area contributed by atoms with Crippen LogP contribution in [0.5, 0.6) is 0 Å². The summed E-state index contributed by atoms with van der Waals surface area (Å²) in [6, 6.07) is 13.9. The van der Waals surface area contributed by atoms with Crippen LogP contribution in [0.4, 0.5) is 0 Å². The largest absolute Gasteiger partial charge is 0.461 e. The first-order chi connectivity index (χ1) is 13.7. The summed E-state index contributed by atoms with van der Waals surface area (Å²) in [6.45, 7) is 0. The van der Waals surface area contributed by atoms with Gasteiger partial charge in [0.05, 0.1) is 25.7 Å². The van der Waals surface area contributed by atoms with E-state index in [1.165, 1.54) is 18.2 Å². The number of hydrogen-bond acceptors (Lipinski definition) is 3. The topological polar surface area (TPSA) is 51.2 Å². The molecule has 0 fully saturated rings. The Labute approximate surface area is 192 Å². The van der Waals surface area contributed by atoms with Crippen LogP contribution in [0.3, 0.4) is 0 Å². The summed E-state index contributed by atoms with van der Waals surface area (Å²) in [5.41, 5.74) is -0.754. The highest BCUT2D eigenvalue weighted by molar-refractivity contribution is 7.72. The summed E-state index contributed by atoms with van der Waals surface area (Å²) < 4.78 is 13.1. The quantitative estimate of drug-likeness (QED) is 0.267. The Hall–Kier alpha value is -1.45. The van der Waals surface area contributed by atoms with E-state index in [0.717, 1.165) is 0 Å². The molecule has 0 aliphatic rings. The van der Waals surface area contributed by atoms with Gasteiger partial charge in [0.2, 0.25) is 5.30 Å². The summed E-state index contributed by atoms with van der Waals surface area (Å²) in [4.78, 5) is 25.7. The molecule has 0 radical (unpaired) electrons. The fourth-order valence-corrected chi connectivity index (χ4v) is 5.91. The minimum Gasteiger partial charge on any atom is -0.288 e. The third-order valence-electron chi connectivity index (χ3n) is 3.97. The van der Waals surface area contributed by atoms with Crippen molar-refractivity contribution in [1.82, 2.24) is 0 Å². The van der Waals surface area contributed by atoms with E-state index in [-0.39, 0.29) is 41.5 Å². The Morgan fingerprint density at radius 2 is 1.28 bits per heavy atom. The van der Waals surface area contributed by atoms with E-state index in [9.17, 15) is 14.2 Å². The normalized spacial score (nSPS) is 11.3. The third kappa shape index (κ3) is 4.36. The molecule has 0 N–H and O–H groups in total. The summed E-state index contributed by atoms with van der Waals surface area (Å²) in [7, 11) is -2.84. The fraction of sp³-hybridized carbons (Fsp3) is 0. The van der Waals surface area contributed by atoms with Gasteiger partial charge in [-0.2, -0.15) is 0 Å². The summed E-state index contributed by atoms with van der Waals surface area (Å²) in [5, 5.41) is -0.520. The highest BCUT2D eigenvalue weighted by Gasteiger charge is 2.41. The smallest absolute Gasteiger partial charge is 0.288 e. The Kier molecular flexibility index (Phi) is 7.01. The van der Waals surface area contributed by atoms with E-state index >= 15 is 0 Å². The highest BCUT2D eigenvalue weighted by Crippen LogP contribution is 2.40. The molecule has 3 aromatic rings. The molecule has 146 valence electrons. The molecule has 1 atom stereocenters. The second kappa shape index (κ2) is 9.14. The zero-order chi connectivity index (χ0) is 21.3. The highest BCUT2D eigenvalue weighted by atomic mass is 35.5. The molecular weight excluding hydrogens is 496 g/mol. The number of halogens is 5. The number of ketones is 1. The van der Waals surface area contributed by atoms with E-state index in [2.05, 4.69) is 0 Å². The monoisotopic (exact) mass is 503 g/mol. The van der Waals surface area contributed by atoms with Crippen molar-refractivity contribution in [3.63, 3.8) is 0 Å². The molecule has 0 spiro atoms. The molecule has 0 saturated carbocycles. The van der Waals surface area contributed by atoms with Crippen molar-refractivity contribution in [3.8, 4) is 0 Å². The minimum atomic E-state index is -2.84. The van der Waals surface area contributed by atoms with Crippen LogP contribution in [0.2, 0.25) is 25.1 Å². The predicted molar refractivity (Wildman–Crippen MR) is 119 cm³/mol. The van der Waals surface area contributed by atoms with Crippen molar-refractivity contribution >= 4 is 82.4 Å². The van der Waals surface area contributed by atoms with Crippen molar-refractivity contribution in [1.29, 1.82) is 0 Å². The Morgan fingerprint density at radius 1 is 0.690 bits per heavy atom. The van der Waals surface area contributed by atoms with Crippen LogP contribution >= 0.6 is 65.8 Å². The Bertz CT molecular complexity index is 1140. The Morgan fingerprint density at radius 3 is 1.86 bits per heavy atom. The molecule has 3 rings (SSSR count). The average molecular weight is 506 g/mol. The van der Waals surface area contributed by atoms with Gasteiger partial charge in [-0.25, -0.2) is 4.79 Å². The second-order valence-electron chi connectivity index (χ2n) is 5.77. The number of carbonyl (C=O) groups excluding carboxylic acids is 2. The SMILES string of the molecule is O=C(c1ccccc1)c1c(Cl)cc(Cl)c([P+](=O)C(=O)c2c(Cl)cccc2Cl)c1Cl. The lowest BCUT2D eigenvalue weighted by Gasteiger charge is -2.08. The second-order valence-corrected chi connectivity index (χ2v) is 9.22. The molecule has 0 saturated heterocycles. The van der Waals surface area contributed by atoms with E-state index < -0.39 is 19.1 Å². The summed E-state index contributed by atoms with van der Waals surface area (Å²) >= 11 is 30.8. The number of benzene rings is 3. The van der Waals surface area contributed by atoms with Gasteiger partial charge < -0.3 is 0 Å². The molecule has 1 unspecified atom stereocenters. The lowest BCUT2D eigenvalue weighted by Crippen LogP contribution is -2.14. The maximum absolute atomic E-state index is 13.1. The van der Waals surface area contributed by atoms with Gasteiger partial charge >= 0.3 is 13.3 Å². The number of carbonyl (C=O) groups is 2. The van der Waals surface area contributed by atoms with E-state index in [0.29, 0.717) is 5.56 Å². The zero-order valence-corrected chi connectivity index (χ0v) is 18.9. The molecule has 9 heteroatoms. The molecule has 3 aromatic carbocycles. The van der Waals surface area contributed by atoms with Gasteiger partial charge in [-0.1, -0.05) is 99.0 Å². The molecule has 0 aromatic heterocycles. The molecule has 0 aliphatic heterocycles. The Balaban J connectivity index is 2.14. The summed E-state index contributed by atoms with van der Waals surface area (Å²) in [5.74, 6) is -0.495. The summed E-state index contributed by atoms with van der Waals surface area (Å²) in [6.07, 6.45) is 0. The van der Waals surface area contributed by atoms with Crippen LogP contribution in [0, 0.1) is 0 Å². The van der Waals surface area contributed by atoms with Crippen LogP contribution in [0.15, 0.2) is 54.6 Å². The zero-order valence-electron chi connectivity index (χ0n) is 14.3. The van der Waals surface area contributed by atoms with E-state index in [4.69, 9.17) is 58.0 Å². The molecule has 0 heterocycles. The molecule has 0 bridgehead atoms. The first-order valence-corrected chi connectivity index (χ1v) is 11.1. The first-order valence-electron chi connectivity index (χ1n) is 7.96. The van der Waals surface area contributed by atoms with Crippen molar-refractivity contribution in [2.24, 2.45) is 0 Å². The van der Waals surface area contributed by atoms with Gasteiger partial charge in [0.25, 0.3) is 0 Å². The lowest BCUT2D eigenvalue weighted by molar-refractivity contribution is 0.103. The van der Waals surface area contributed by atoms with Gasteiger partial charge in [-0.3, -0.25) is 4.79 Å². The fourth-order valence-electron chi connectivity index (χ4n) is 2.61. The van der Waals surface area contributed by atoms with Crippen molar-refractivity contribution < 1.29 is 14.2 Å². The molecule has 3 nitrogen and oxygen atoms in total. The van der Waals surface area contributed by atoms with E-state index in [1.807, 2.05) is 0 Å².